The summed E-state index contributed by atoms with van der Waals surface area (Å²) in [6, 6.07) is 39.1. The SMILES string of the molecule is Cc1ccc(-c2[c-]cccc2)nc1.Cc1cnc(-c2[c-]cc3c4c2Oc2ccccc2B4c2ccccc2O3)cc1C(C)C.[Ir]. The van der Waals surface area contributed by atoms with E-state index in [2.05, 4.69) is 74.3 Å². The van der Waals surface area contributed by atoms with E-state index in [0.717, 1.165) is 61.9 Å². The molecule has 0 saturated carbocycles. The van der Waals surface area contributed by atoms with Crippen molar-refractivity contribution in [3.05, 3.63) is 138 Å². The number of aromatic nitrogens is 2. The van der Waals surface area contributed by atoms with Crippen LogP contribution in [0.4, 0.5) is 0 Å². The Morgan fingerprint density at radius 3 is 2.07 bits per heavy atom. The number of ether oxygens (including phenoxy) is 2. The van der Waals surface area contributed by atoms with Crippen LogP contribution in [0, 0.1) is 26.0 Å². The summed E-state index contributed by atoms with van der Waals surface area (Å²) in [4.78, 5) is 9.06. The molecular weight excluding hydrogens is 731 g/mol. The van der Waals surface area contributed by atoms with Crippen molar-refractivity contribution in [2.45, 2.75) is 33.6 Å². The Balaban J connectivity index is 0.000000215. The van der Waals surface area contributed by atoms with Crippen molar-refractivity contribution in [2.75, 3.05) is 0 Å². The van der Waals surface area contributed by atoms with Gasteiger partial charge in [-0.05, 0) is 70.9 Å². The van der Waals surface area contributed by atoms with Gasteiger partial charge in [0.1, 0.15) is 11.5 Å². The average molecular weight is 763 g/mol. The van der Waals surface area contributed by atoms with E-state index < -0.39 is 0 Å². The van der Waals surface area contributed by atoms with Crippen molar-refractivity contribution in [1.82, 2.24) is 9.97 Å². The molecule has 0 atom stereocenters. The Morgan fingerprint density at radius 1 is 0.711 bits per heavy atom. The third-order valence-electron chi connectivity index (χ3n) is 8.18. The molecule has 0 amide bonds. The second-order valence-corrected chi connectivity index (χ2v) is 11.6. The van der Waals surface area contributed by atoms with Crippen LogP contribution >= 0.6 is 0 Å². The van der Waals surface area contributed by atoms with E-state index in [1.165, 1.54) is 16.7 Å². The van der Waals surface area contributed by atoms with Gasteiger partial charge in [0.15, 0.2) is 0 Å². The molecule has 0 unspecified atom stereocenters. The zero-order valence-corrected chi connectivity index (χ0v) is 28.0. The van der Waals surface area contributed by atoms with Crippen molar-refractivity contribution in [2.24, 2.45) is 0 Å². The maximum absolute atomic E-state index is 6.50. The van der Waals surface area contributed by atoms with Gasteiger partial charge < -0.3 is 19.4 Å². The van der Waals surface area contributed by atoms with Gasteiger partial charge in [-0.3, -0.25) is 0 Å². The van der Waals surface area contributed by atoms with Crippen LogP contribution in [0.3, 0.4) is 0 Å². The fourth-order valence-electron chi connectivity index (χ4n) is 5.99. The molecule has 0 saturated heterocycles. The molecule has 1 radical (unpaired) electrons. The predicted octanol–water partition coefficient (Wildman–Crippen LogP) is 7.56. The van der Waals surface area contributed by atoms with Crippen LogP contribution in [0.25, 0.3) is 22.5 Å². The molecule has 0 N–H and O–H groups in total. The van der Waals surface area contributed by atoms with E-state index in [9.17, 15) is 0 Å². The predicted molar refractivity (Wildman–Crippen MR) is 178 cm³/mol. The molecule has 45 heavy (non-hydrogen) atoms. The third kappa shape index (κ3) is 5.84. The summed E-state index contributed by atoms with van der Waals surface area (Å²) in [6.45, 7) is 8.62. The van der Waals surface area contributed by atoms with Crippen molar-refractivity contribution in [3.63, 3.8) is 0 Å². The summed E-state index contributed by atoms with van der Waals surface area (Å²) in [7, 11) is 0. The zero-order chi connectivity index (χ0) is 30.2. The molecule has 2 aliphatic rings. The largest absolute Gasteiger partial charge is 0.503 e. The molecule has 4 aromatic carbocycles. The average Bonchev–Trinajstić information content (AvgIpc) is 3.06. The molecule has 2 aromatic heterocycles. The molecule has 6 aromatic rings. The minimum absolute atomic E-state index is 0. The van der Waals surface area contributed by atoms with Gasteiger partial charge in [0.25, 0.3) is 0 Å². The first-order valence-electron chi connectivity index (χ1n) is 15.0. The van der Waals surface area contributed by atoms with Crippen LogP contribution < -0.4 is 25.9 Å². The van der Waals surface area contributed by atoms with Gasteiger partial charge in [0, 0.05) is 44.0 Å². The molecule has 4 nitrogen and oxygen atoms in total. The second-order valence-electron chi connectivity index (χ2n) is 11.6. The molecule has 2 aliphatic heterocycles. The Bertz CT molecular complexity index is 1970. The van der Waals surface area contributed by atoms with E-state index in [1.807, 2.05) is 80.0 Å². The first-order chi connectivity index (χ1) is 21.5. The smallest absolute Gasteiger partial charge is 0.239 e. The minimum Gasteiger partial charge on any atom is -0.503 e. The van der Waals surface area contributed by atoms with Crippen molar-refractivity contribution in [1.29, 1.82) is 0 Å². The van der Waals surface area contributed by atoms with Gasteiger partial charge in [0.05, 0.1) is 0 Å². The zero-order valence-electron chi connectivity index (χ0n) is 25.6. The number of nitrogens with zero attached hydrogens (tertiary/aromatic N) is 2. The molecular formula is C39H31BIrN2O2-2. The first-order valence-corrected chi connectivity index (χ1v) is 15.0. The normalized spacial score (nSPS) is 11.9. The second kappa shape index (κ2) is 12.8. The molecule has 8 rings (SSSR count). The summed E-state index contributed by atoms with van der Waals surface area (Å²) in [6.07, 6.45) is 3.82. The number of benzene rings is 4. The maximum Gasteiger partial charge on any atom is 0.239 e. The monoisotopic (exact) mass is 763 g/mol. The van der Waals surface area contributed by atoms with Gasteiger partial charge in [-0.1, -0.05) is 79.5 Å². The molecule has 6 heteroatoms. The van der Waals surface area contributed by atoms with Crippen molar-refractivity contribution < 1.29 is 29.6 Å². The maximum atomic E-state index is 6.50. The van der Waals surface area contributed by atoms with Crippen molar-refractivity contribution in [3.8, 4) is 45.5 Å². The number of fused-ring (bicyclic) bond motifs is 4. The number of hydrogen-bond donors (Lipinski definition) is 0. The van der Waals surface area contributed by atoms with Crippen molar-refractivity contribution >= 4 is 23.1 Å². The Morgan fingerprint density at radius 2 is 1.40 bits per heavy atom. The summed E-state index contributed by atoms with van der Waals surface area (Å²) in [5, 5.41) is 0. The van der Waals surface area contributed by atoms with Crippen LogP contribution in [-0.4, -0.2) is 16.7 Å². The Labute approximate surface area is 279 Å². The number of pyridine rings is 2. The summed E-state index contributed by atoms with van der Waals surface area (Å²) in [5.74, 6) is 3.77. The van der Waals surface area contributed by atoms with Crippen LogP contribution in [0.2, 0.25) is 0 Å². The number of para-hydroxylation sites is 2. The summed E-state index contributed by atoms with van der Waals surface area (Å²) in [5.41, 5.74) is 10.8. The van der Waals surface area contributed by atoms with E-state index in [-0.39, 0.29) is 26.8 Å². The summed E-state index contributed by atoms with van der Waals surface area (Å²) >= 11 is 0. The van der Waals surface area contributed by atoms with E-state index in [0.29, 0.717) is 5.92 Å². The Hall–Kier alpha value is -4.51. The van der Waals surface area contributed by atoms with Gasteiger partial charge in [-0.25, -0.2) is 0 Å². The Kier molecular flexibility index (Phi) is 8.71. The molecule has 0 fully saturated rings. The first kappa shape index (κ1) is 30.5. The number of rotatable bonds is 3. The van der Waals surface area contributed by atoms with Crippen LogP contribution in [0.1, 0.15) is 36.5 Å². The molecule has 0 bridgehead atoms. The van der Waals surface area contributed by atoms with E-state index >= 15 is 0 Å². The van der Waals surface area contributed by atoms with Gasteiger partial charge in [0.2, 0.25) is 6.71 Å². The fourth-order valence-corrected chi connectivity index (χ4v) is 5.99. The van der Waals surface area contributed by atoms with Crippen LogP contribution in [0.5, 0.6) is 23.0 Å². The standard InChI is InChI=1S/C27H21BNO2.C12H10N.Ir/c1-16(2)19-14-22(29-15-17(19)3)18-12-13-25-26-27(18)31-24-11-7-5-9-21(24)28(26)20-8-4-6-10-23(20)30-25;1-10-7-8-12(13-9-10)11-5-3-2-4-6-11;/h4-11,13-16H,1-3H3;2-5,7-9H,1H3;/q2*-1;. The van der Waals surface area contributed by atoms with Crippen LogP contribution in [0.15, 0.2) is 109 Å². The minimum atomic E-state index is 0. The summed E-state index contributed by atoms with van der Waals surface area (Å²) < 4.78 is 12.8. The molecule has 223 valence electrons. The van der Waals surface area contributed by atoms with E-state index in [1.54, 1.807) is 0 Å². The fraction of sp³-hybridized carbons (Fsp3) is 0.128. The van der Waals surface area contributed by atoms with Gasteiger partial charge in [-0.2, -0.15) is 0 Å². The molecule has 4 heterocycles. The number of hydrogen-bond acceptors (Lipinski definition) is 4. The quantitative estimate of drug-likeness (QED) is 0.138. The van der Waals surface area contributed by atoms with E-state index in [4.69, 9.17) is 14.5 Å². The molecule has 0 aliphatic carbocycles. The topological polar surface area (TPSA) is 44.2 Å². The van der Waals surface area contributed by atoms with Gasteiger partial charge in [-0.15, -0.1) is 48.0 Å². The van der Waals surface area contributed by atoms with Gasteiger partial charge >= 0.3 is 0 Å². The number of aryl methyl sites for hydroxylation is 2. The molecule has 0 spiro atoms. The third-order valence-corrected chi connectivity index (χ3v) is 8.18. The van der Waals surface area contributed by atoms with Crippen LogP contribution in [-0.2, 0) is 20.1 Å².